The first-order valence-electron chi connectivity index (χ1n) is 8.80. The van der Waals surface area contributed by atoms with Crippen molar-refractivity contribution in [2.75, 3.05) is 26.2 Å². The van der Waals surface area contributed by atoms with Crippen molar-refractivity contribution in [3.05, 3.63) is 46.5 Å². The van der Waals surface area contributed by atoms with Gasteiger partial charge in [-0.2, -0.15) is 0 Å². The molecule has 0 atom stereocenters. The van der Waals surface area contributed by atoms with E-state index in [1.807, 2.05) is 0 Å². The van der Waals surface area contributed by atoms with Gasteiger partial charge in [-0.15, -0.1) is 0 Å². The van der Waals surface area contributed by atoms with E-state index in [0.29, 0.717) is 24.8 Å². The molecule has 2 aliphatic heterocycles. The molecule has 9 heteroatoms. The number of likely N-dealkylation sites (tertiary alicyclic amines) is 2. The summed E-state index contributed by atoms with van der Waals surface area (Å²) in [6.07, 6.45) is 4.57. The van der Waals surface area contributed by atoms with Crippen LogP contribution in [-0.4, -0.2) is 80.1 Å². The lowest BCUT2D eigenvalue weighted by atomic mass is 9.98. The van der Waals surface area contributed by atoms with E-state index in [9.17, 15) is 14.7 Å². The maximum absolute atomic E-state index is 12.7. The lowest BCUT2D eigenvalue weighted by Gasteiger charge is -2.45. The highest BCUT2D eigenvalue weighted by Gasteiger charge is 2.34. The van der Waals surface area contributed by atoms with Crippen LogP contribution in [0, 0.1) is 0 Å². The average Bonchev–Trinajstić information content (AvgIpc) is 2.66. The topological polar surface area (TPSA) is 115 Å². The number of aliphatic hydroxyl groups excluding tert-OH is 1. The van der Waals surface area contributed by atoms with E-state index in [1.165, 1.54) is 10.6 Å². The highest BCUT2D eigenvalue weighted by atomic mass is 16.3. The molecular formula is C18H22N4O5. The van der Waals surface area contributed by atoms with Gasteiger partial charge in [-0.1, -0.05) is 6.07 Å². The van der Waals surface area contributed by atoms with Crippen LogP contribution in [0.25, 0.3) is 5.65 Å². The van der Waals surface area contributed by atoms with Gasteiger partial charge < -0.3 is 15.1 Å². The maximum Gasteiger partial charge on any atom is 0.290 e. The number of aliphatic hydroxyl groups is 1. The molecule has 27 heavy (non-hydrogen) atoms. The normalized spacial score (nSPS) is 18.5. The Morgan fingerprint density at radius 1 is 1.22 bits per heavy atom. The molecule has 2 fully saturated rings. The van der Waals surface area contributed by atoms with E-state index in [4.69, 9.17) is 9.90 Å². The quantitative estimate of drug-likeness (QED) is 0.692. The standard InChI is InChI=1S/C17H20N4O3.CH2O2/c22-13-10-20(11-13)12-4-7-19(8-5-12)16(23)14-9-18-15-3-1-2-6-21(15)17(14)24;2-1-3/h1-3,6,9,12-13,22H,4-5,7-8,10-11H2;1H,(H,2,3). The second-order valence-electron chi connectivity index (χ2n) is 6.64. The van der Waals surface area contributed by atoms with Crippen LogP contribution in [0.1, 0.15) is 23.2 Å². The Kier molecular flexibility index (Phi) is 5.82. The molecule has 4 heterocycles. The van der Waals surface area contributed by atoms with Crippen LogP contribution in [0.2, 0.25) is 0 Å². The summed E-state index contributed by atoms with van der Waals surface area (Å²) in [6.45, 7) is 2.48. The zero-order chi connectivity index (χ0) is 19.4. The van der Waals surface area contributed by atoms with Gasteiger partial charge in [0.1, 0.15) is 11.2 Å². The van der Waals surface area contributed by atoms with Gasteiger partial charge in [0.25, 0.3) is 17.9 Å². The molecule has 0 aliphatic carbocycles. The van der Waals surface area contributed by atoms with Crippen LogP contribution in [0.15, 0.2) is 35.4 Å². The van der Waals surface area contributed by atoms with Gasteiger partial charge in [0, 0.05) is 44.6 Å². The summed E-state index contributed by atoms with van der Waals surface area (Å²) >= 11 is 0. The minimum atomic E-state index is -0.321. The zero-order valence-corrected chi connectivity index (χ0v) is 14.8. The molecule has 2 aliphatic rings. The van der Waals surface area contributed by atoms with Gasteiger partial charge in [0.2, 0.25) is 0 Å². The van der Waals surface area contributed by atoms with E-state index in [0.717, 1.165) is 25.9 Å². The number of aromatic nitrogens is 2. The SMILES string of the molecule is O=C(c1cnc2ccccn2c1=O)N1CCC(N2CC(O)C2)CC1.O=CO. The number of hydrogen-bond acceptors (Lipinski definition) is 6. The fourth-order valence-electron chi connectivity index (χ4n) is 3.56. The first-order valence-corrected chi connectivity index (χ1v) is 8.80. The molecule has 1 amide bonds. The highest BCUT2D eigenvalue weighted by molar-refractivity contribution is 5.93. The maximum atomic E-state index is 12.7. The predicted molar refractivity (Wildman–Crippen MR) is 96.7 cm³/mol. The molecule has 144 valence electrons. The first kappa shape index (κ1) is 19.0. The average molecular weight is 374 g/mol. The second-order valence-corrected chi connectivity index (χ2v) is 6.64. The number of hydrogen-bond donors (Lipinski definition) is 2. The Hall–Kier alpha value is -2.78. The van der Waals surface area contributed by atoms with Gasteiger partial charge >= 0.3 is 0 Å². The Labute approximate surface area is 155 Å². The van der Waals surface area contributed by atoms with Crippen molar-refractivity contribution < 1.29 is 19.8 Å². The summed E-state index contributed by atoms with van der Waals surface area (Å²) in [6, 6.07) is 5.72. The number of pyridine rings is 1. The Balaban J connectivity index is 0.000000659. The molecule has 2 saturated heterocycles. The Morgan fingerprint density at radius 2 is 1.89 bits per heavy atom. The van der Waals surface area contributed by atoms with Crippen molar-refractivity contribution in [3.63, 3.8) is 0 Å². The van der Waals surface area contributed by atoms with Crippen LogP contribution >= 0.6 is 0 Å². The van der Waals surface area contributed by atoms with Gasteiger partial charge in [0.15, 0.2) is 0 Å². The lowest BCUT2D eigenvalue weighted by Crippen LogP contribution is -2.58. The van der Waals surface area contributed by atoms with Gasteiger partial charge in [-0.05, 0) is 25.0 Å². The number of piperidine rings is 1. The molecule has 0 aromatic carbocycles. The number of carbonyl (C=O) groups excluding carboxylic acids is 1. The number of carboxylic acid groups (broad SMARTS) is 1. The zero-order valence-electron chi connectivity index (χ0n) is 14.8. The molecule has 0 spiro atoms. The van der Waals surface area contributed by atoms with E-state index in [2.05, 4.69) is 9.88 Å². The fraction of sp³-hybridized carbons (Fsp3) is 0.444. The number of nitrogens with zero attached hydrogens (tertiary/aromatic N) is 4. The second kappa shape index (κ2) is 8.28. The van der Waals surface area contributed by atoms with Crippen molar-refractivity contribution in [2.45, 2.75) is 25.0 Å². The smallest absolute Gasteiger partial charge is 0.290 e. The van der Waals surface area contributed by atoms with Gasteiger partial charge in [-0.25, -0.2) is 4.98 Å². The van der Waals surface area contributed by atoms with Crippen molar-refractivity contribution >= 4 is 18.0 Å². The molecule has 2 N–H and O–H groups in total. The molecule has 9 nitrogen and oxygen atoms in total. The van der Waals surface area contributed by atoms with Crippen LogP contribution in [-0.2, 0) is 4.79 Å². The highest BCUT2D eigenvalue weighted by Crippen LogP contribution is 2.22. The number of β-amino-alcohol motifs (C(OH)–C–C–N with tert-alkyl or cyclic N) is 1. The summed E-state index contributed by atoms with van der Waals surface area (Å²) in [5.74, 6) is -0.243. The summed E-state index contributed by atoms with van der Waals surface area (Å²) in [7, 11) is 0. The Bertz CT molecular complexity index is 869. The third-order valence-corrected chi connectivity index (χ3v) is 5.00. The van der Waals surface area contributed by atoms with Crippen molar-refractivity contribution in [3.8, 4) is 0 Å². The lowest BCUT2D eigenvalue weighted by molar-refractivity contribution is -0.122. The molecule has 0 radical (unpaired) electrons. The number of rotatable bonds is 2. The number of carbonyl (C=O) groups is 2. The molecule has 2 aromatic heterocycles. The minimum Gasteiger partial charge on any atom is -0.483 e. The summed E-state index contributed by atoms with van der Waals surface area (Å²) in [4.78, 5) is 41.8. The van der Waals surface area contributed by atoms with E-state index >= 15 is 0 Å². The van der Waals surface area contributed by atoms with Crippen molar-refractivity contribution in [1.82, 2.24) is 19.2 Å². The minimum absolute atomic E-state index is 0.122. The first-order chi connectivity index (χ1) is 13.0. The molecule has 0 saturated carbocycles. The van der Waals surface area contributed by atoms with E-state index in [-0.39, 0.29) is 29.6 Å². The van der Waals surface area contributed by atoms with Crippen LogP contribution in [0.5, 0.6) is 0 Å². The van der Waals surface area contributed by atoms with Crippen LogP contribution in [0.4, 0.5) is 0 Å². The largest absolute Gasteiger partial charge is 0.483 e. The summed E-state index contributed by atoms with van der Waals surface area (Å²) in [5, 5.41) is 16.3. The van der Waals surface area contributed by atoms with E-state index in [1.54, 1.807) is 29.3 Å². The Morgan fingerprint density at radius 3 is 2.52 bits per heavy atom. The number of fused-ring (bicyclic) bond motifs is 1. The van der Waals surface area contributed by atoms with Gasteiger partial charge in [0.05, 0.1) is 6.10 Å². The third kappa shape index (κ3) is 3.99. The van der Waals surface area contributed by atoms with E-state index < -0.39 is 0 Å². The van der Waals surface area contributed by atoms with Gasteiger partial charge in [-0.3, -0.25) is 23.7 Å². The molecular weight excluding hydrogens is 352 g/mol. The summed E-state index contributed by atoms with van der Waals surface area (Å²) in [5.41, 5.74) is 0.337. The molecule has 4 rings (SSSR count). The van der Waals surface area contributed by atoms with Crippen molar-refractivity contribution in [2.24, 2.45) is 0 Å². The van der Waals surface area contributed by atoms with Crippen LogP contribution < -0.4 is 5.56 Å². The number of amides is 1. The summed E-state index contributed by atoms with van der Waals surface area (Å²) < 4.78 is 1.40. The molecule has 0 bridgehead atoms. The monoisotopic (exact) mass is 374 g/mol. The third-order valence-electron chi connectivity index (χ3n) is 5.00. The molecule has 2 aromatic rings. The van der Waals surface area contributed by atoms with Crippen LogP contribution in [0.3, 0.4) is 0 Å². The fourth-order valence-corrected chi connectivity index (χ4v) is 3.56. The molecule has 0 unspecified atom stereocenters. The predicted octanol–water partition coefficient (Wildman–Crippen LogP) is -0.324. The van der Waals surface area contributed by atoms with Crippen molar-refractivity contribution in [1.29, 1.82) is 0 Å².